The van der Waals surface area contributed by atoms with Crippen LogP contribution in [-0.2, 0) is 55.3 Å². The zero-order chi connectivity index (χ0) is 48.8. The summed E-state index contributed by atoms with van der Waals surface area (Å²) in [6.45, 7) is 11.3. The van der Waals surface area contributed by atoms with Crippen LogP contribution in [0.2, 0.25) is 0 Å². The van der Waals surface area contributed by atoms with Crippen LogP contribution in [0, 0.1) is 12.0 Å². The third-order valence-corrected chi connectivity index (χ3v) is 12.8. The second kappa shape index (κ2) is 27.3. The summed E-state index contributed by atoms with van der Waals surface area (Å²) < 4.78 is 53.8. The minimum atomic E-state index is -1.46. The molecule has 0 saturated heterocycles. The molecule has 0 aliphatic rings. The van der Waals surface area contributed by atoms with Crippen molar-refractivity contribution in [3.05, 3.63) is 215 Å². The Bertz CT molecular complexity index is 2410. The van der Waals surface area contributed by atoms with E-state index in [9.17, 15) is 0 Å². The molecule has 70 heavy (non-hydrogen) atoms. The molecule has 0 bridgehead atoms. The van der Waals surface area contributed by atoms with Gasteiger partial charge in [0, 0.05) is 42.7 Å². The minimum absolute atomic E-state index is 0.170. The van der Waals surface area contributed by atoms with Crippen LogP contribution >= 0.6 is 8.53 Å². The fourth-order valence-corrected chi connectivity index (χ4v) is 9.06. The molecule has 0 spiro atoms. The van der Waals surface area contributed by atoms with E-state index in [0.717, 1.165) is 38.9 Å². The van der Waals surface area contributed by atoms with Crippen LogP contribution in [0.4, 0.5) is 0 Å². The lowest BCUT2D eigenvalue weighted by Gasteiger charge is -2.35. The molecule has 362 valence electrons. The molecule has 0 fully saturated rings. The van der Waals surface area contributed by atoms with Gasteiger partial charge in [0.2, 0.25) is 0 Å². The van der Waals surface area contributed by atoms with Crippen LogP contribution in [0.3, 0.4) is 0 Å². The van der Waals surface area contributed by atoms with Gasteiger partial charge in [0.05, 0.1) is 13.2 Å². The molecule has 0 saturated carbocycles. The average Bonchev–Trinajstić information content (AvgIpc) is 3.38. The van der Waals surface area contributed by atoms with Gasteiger partial charge in [-0.3, -0.25) is 0 Å². The molecule has 0 aliphatic carbocycles. The van der Waals surface area contributed by atoms with E-state index in [4.69, 9.17) is 43.2 Å². The molecule has 0 aliphatic heterocycles. The van der Waals surface area contributed by atoms with Crippen LogP contribution < -0.4 is 34.2 Å². The summed E-state index contributed by atoms with van der Waals surface area (Å²) in [6, 6.07) is 60.8. The van der Waals surface area contributed by atoms with Gasteiger partial charge in [0.1, 0.15) is 74.1 Å². The first kappa shape index (κ1) is 50.9. The van der Waals surface area contributed by atoms with Crippen molar-refractivity contribution < 1.29 is 37.5 Å². The Labute approximate surface area is 415 Å². The Morgan fingerprint density at radius 2 is 0.671 bits per heavy atom. The third kappa shape index (κ3) is 16.9. The van der Waals surface area contributed by atoms with Gasteiger partial charge < -0.3 is 43.2 Å². The molecule has 10 nitrogen and oxygen atoms in total. The summed E-state index contributed by atoms with van der Waals surface area (Å²) in [6.07, 6.45) is 0.499. The lowest BCUT2D eigenvalue weighted by atomic mass is 10.2. The summed E-state index contributed by atoms with van der Waals surface area (Å²) in [5.74, 6) is 6.77. The topological polar surface area (TPSA) is 103 Å². The average molecular weight is 959 g/mol. The van der Waals surface area contributed by atoms with Crippen molar-refractivity contribution in [3.63, 3.8) is 0 Å². The maximum absolute atomic E-state index is 6.66. The normalized spacial score (nSPS) is 11.5. The molecule has 0 amide bonds. The highest BCUT2D eigenvalue weighted by Gasteiger charge is 2.27. The van der Waals surface area contributed by atoms with Crippen molar-refractivity contribution in [1.82, 2.24) is 4.67 Å². The van der Waals surface area contributed by atoms with Crippen molar-refractivity contribution in [2.75, 3.05) is 6.61 Å². The largest absolute Gasteiger partial charge is 0.489 e. The van der Waals surface area contributed by atoms with E-state index in [-0.39, 0.29) is 31.9 Å². The van der Waals surface area contributed by atoms with Crippen LogP contribution in [0.5, 0.6) is 34.5 Å². The maximum Gasteiger partial charge on any atom is 0.259 e. The molecule has 1 unspecified atom stereocenters. The first-order valence-corrected chi connectivity index (χ1v) is 24.8. The van der Waals surface area contributed by atoms with Crippen molar-refractivity contribution in [2.24, 2.45) is 5.73 Å². The van der Waals surface area contributed by atoms with Crippen molar-refractivity contribution in [3.8, 4) is 46.5 Å². The van der Waals surface area contributed by atoms with Gasteiger partial charge >= 0.3 is 0 Å². The molecule has 2 N–H and O–H groups in total. The highest BCUT2D eigenvalue weighted by atomic mass is 31.2. The number of rotatable bonds is 27. The smallest absolute Gasteiger partial charge is 0.259 e. The lowest BCUT2D eigenvalue weighted by Crippen LogP contribution is -2.33. The van der Waals surface area contributed by atoms with Crippen LogP contribution in [0.1, 0.15) is 73.1 Å². The van der Waals surface area contributed by atoms with Gasteiger partial charge in [0.15, 0.2) is 0 Å². The second-order valence-electron chi connectivity index (χ2n) is 17.1. The summed E-state index contributed by atoms with van der Waals surface area (Å²) in [5, 5.41) is 0. The molecule has 11 heteroatoms. The molecule has 0 heterocycles. The molecule has 0 aromatic heterocycles. The minimum Gasteiger partial charge on any atom is -0.489 e. The monoisotopic (exact) mass is 958 g/mol. The van der Waals surface area contributed by atoms with E-state index in [2.05, 4.69) is 44.3 Å². The van der Waals surface area contributed by atoms with Crippen molar-refractivity contribution in [1.29, 1.82) is 0 Å². The lowest BCUT2D eigenvalue weighted by molar-refractivity contribution is 0.171. The predicted molar refractivity (Wildman–Crippen MR) is 277 cm³/mol. The summed E-state index contributed by atoms with van der Waals surface area (Å²) in [5.41, 5.74) is 12.3. The fraction of sp³-hybridized carbons (Fsp3) is 0.254. The highest BCUT2D eigenvalue weighted by molar-refractivity contribution is 7.44. The molecule has 7 aromatic rings. The van der Waals surface area contributed by atoms with E-state index < -0.39 is 8.53 Å². The Morgan fingerprint density at radius 3 is 0.957 bits per heavy atom. The van der Waals surface area contributed by atoms with Gasteiger partial charge in [-0.05, 0) is 103 Å². The van der Waals surface area contributed by atoms with Gasteiger partial charge in [0.25, 0.3) is 8.53 Å². The molecule has 0 radical (unpaired) electrons. The SMILES string of the molecule is CC(C)N(C(C)C)P(OCCC#CN)OCc1cc(OCc2cc(OCc3ccccc3)cc(OCc3ccccc3)c2)cc(OCc2cc(OCc3ccccc3)cc(OCc3ccccc3)c2)c1. The number of nitrogens with zero attached hydrogens (tertiary/aromatic N) is 1. The first-order chi connectivity index (χ1) is 34.3. The van der Waals surface area contributed by atoms with Gasteiger partial charge in [-0.15, -0.1) is 0 Å². The fourth-order valence-electron chi connectivity index (χ4n) is 7.46. The highest BCUT2D eigenvalue weighted by Crippen LogP contribution is 2.47. The molecule has 7 aromatic carbocycles. The standard InChI is InChI=1S/C59H63N2O8P/c1-45(2)61(46(3)4)70(68-28-18-17-27-60)69-44-53-33-58(66-42-51-29-54(62-38-47-19-9-5-10-20-47)35-55(30-51)63-39-48-21-11-6-12-22-48)37-59(34-53)67-43-52-31-56(64-40-49-23-13-7-14-24-49)36-57(32-52)65-41-50-25-15-8-16-26-50/h5-16,19-26,29-37,45-46H,18,28,38-44,60H2,1-4H3. The van der Waals surface area contributed by atoms with Crippen molar-refractivity contribution >= 4 is 8.53 Å². The summed E-state index contributed by atoms with van der Waals surface area (Å²) >= 11 is 0. The van der Waals surface area contributed by atoms with Gasteiger partial charge in [-0.25, -0.2) is 4.67 Å². The number of hydrogen-bond donors (Lipinski definition) is 1. The quantitative estimate of drug-likeness (QED) is 0.0232. The summed E-state index contributed by atoms with van der Waals surface area (Å²) in [4.78, 5) is 0. The Balaban J connectivity index is 1.14. The van der Waals surface area contributed by atoms with E-state index in [1.165, 1.54) is 0 Å². The van der Waals surface area contributed by atoms with Crippen LogP contribution in [0.25, 0.3) is 0 Å². The third-order valence-electron chi connectivity index (χ3n) is 10.7. The molecular weight excluding hydrogens is 896 g/mol. The van der Waals surface area contributed by atoms with Crippen LogP contribution in [-0.4, -0.2) is 23.4 Å². The second-order valence-corrected chi connectivity index (χ2v) is 18.5. The molecular formula is C59H63N2O8P. The van der Waals surface area contributed by atoms with Gasteiger partial charge in [-0.2, -0.15) is 0 Å². The predicted octanol–water partition coefficient (Wildman–Crippen LogP) is 13.3. The Hall–Kier alpha value is -6.99. The van der Waals surface area contributed by atoms with E-state index in [1.54, 1.807) is 0 Å². The Kier molecular flexibility index (Phi) is 19.8. The van der Waals surface area contributed by atoms with Gasteiger partial charge in [-0.1, -0.05) is 127 Å². The Morgan fingerprint density at radius 1 is 0.386 bits per heavy atom. The first-order valence-electron chi connectivity index (χ1n) is 23.6. The van der Waals surface area contributed by atoms with Crippen LogP contribution in [0.15, 0.2) is 176 Å². The summed E-state index contributed by atoms with van der Waals surface area (Å²) in [7, 11) is -1.46. The number of ether oxygens (including phenoxy) is 6. The zero-order valence-electron chi connectivity index (χ0n) is 40.5. The number of benzene rings is 7. The zero-order valence-corrected chi connectivity index (χ0v) is 41.4. The molecule has 7 rings (SSSR count). The van der Waals surface area contributed by atoms with Crippen molar-refractivity contribution in [2.45, 2.75) is 92.4 Å². The van der Waals surface area contributed by atoms with E-state index in [1.807, 2.05) is 176 Å². The maximum atomic E-state index is 6.66. The van der Waals surface area contributed by atoms with E-state index >= 15 is 0 Å². The number of nitrogens with two attached hydrogens (primary N) is 1. The van der Waals surface area contributed by atoms with E-state index in [0.29, 0.717) is 74.0 Å². The molecule has 1 atom stereocenters. The number of hydrogen-bond acceptors (Lipinski definition) is 10.